The van der Waals surface area contributed by atoms with Gasteiger partial charge in [0, 0.05) is 21.8 Å². The molecule has 1 atom stereocenters. The molecule has 0 aliphatic rings. The van der Waals surface area contributed by atoms with Crippen LogP contribution in [0.25, 0.3) is 0 Å². The molecule has 0 radical (unpaired) electrons. The second-order valence-corrected chi connectivity index (χ2v) is 6.99. The fraction of sp³-hybridized carbons (Fsp3) is 0.263. The second-order valence-electron chi connectivity index (χ2n) is 5.70. The highest BCUT2D eigenvalue weighted by molar-refractivity contribution is 9.10. The first kappa shape index (κ1) is 25.0. The van der Waals surface area contributed by atoms with Gasteiger partial charge in [-0.1, -0.05) is 11.6 Å². The molecule has 0 bridgehead atoms. The Morgan fingerprint density at radius 1 is 1.34 bits per heavy atom. The molecule has 0 saturated heterocycles. The molecule has 29 heavy (non-hydrogen) atoms. The number of hydrogen-bond donors (Lipinski definition) is 4. The molecule has 7 nitrogen and oxygen atoms in total. The number of esters is 1. The van der Waals surface area contributed by atoms with Gasteiger partial charge in [0.1, 0.15) is 18.2 Å². The van der Waals surface area contributed by atoms with Gasteiger partial charge in [0.05, 0.1) is 17.7 Å². The van der Waals surface area contributed by atoms with E-state index in [1.54, 1.807) is 43.3 Å². The molecule has 0 fully saturated rings. The number of nitrogens with one attached hydrogen (secondary N) is 2. The van der Waals surface area contributed by atoms with Gasteiger partial charge >= 0.3 is 5.97 Å². The van der Waals surface area contributed by atoms with Gasteiger partial charge in [-0.15, -0.1) is 12.4 Å². The minimum atomic E-state index is -0.910. The Labute approximate surface area is 188 Å². The van der Waals surface area contributed by atoms with Gasteiger partial charge in [0.15, 0.2) is 6.04 Å². The maximum atomic E-state index is 12.7. The number of hydrogen-bond acceptors (Lipinski definition) is 6. The number of aliphatic hydroxyl groups is 1. The third-order valence-electron chi connectivity index (χ3n) is 3.72. The highest BCUT2D eigenvalue weighted by atomic mass is 79.9. The highest BCUT2D eigenvalue weighted by Crippen LogP contribution is 2.38. The third kappa shape index (κ3) is 6.78. The van der Waals surface area contributed by atoms with Crippen molar-refractivity contribution in [1.29, 1.82) is 5.41 Å². The molecule has 2 rings (SSSR count). The molecule has 0 aromatic heterocycles. The zero-order valence-corrected chi connectivity index (χ0v) is 18.7. The Hall–Kier alpha value is -2.00. The van der Waals surface area contributed by atoms with Gasteiger partial charge in [-0.3, -0.25) is 5.41 Å². The Morgan fingerprint density at radius 3 is 2.55 bits per heavy atom. The van der Waals surface area contributed by atoms with Crippen LogP contribution >= 0.6 is 39.9 Å². The van der Waals surface area contributed by atoms with E-state index in [1.807, 2.05) is 0 Å². The SMILES string of the molecule is CCOC(=O)C(Nc1ccc(C(=N)N)cc1)c1cc(Cl)cc(Br)c1OCCO.Cl. The second kappa shape index (κ2) is 11.9. The molecule has 158 valence electrons. The highest BCUT2D eigenvalue weighted by Gasteiger charge is 2.27. The number of nitrogens with two attached hydrogens (primary N) is 1. The topological polar surface area (TPSA) is 118 Å². The predicted octanol–water partition coefficient (Wildman–Crippen LogP) is 3.90. The summed E-state index contributed by atoms with van der Waals surface area (Å²) in [5.41, 5.74) is 7.12. The molecule has 0 saturated carbocycles. The molecule has 0 aliphatic carbocycles. The van der Waals surface area contributed by atoms with E-state index in [-0.39, 0.29) is 38.1 Å². The van der Waals surface area contributed by atoms with E-state index in [4.69, 9.17) is 37.3 Å². The van der Waals surface area contributed by atoms with Gasteiger partial charge in [-0.25, -0.2) is 4.79 Å². The van der Waals surface area contributed by atoms with Crippen molar-refractivity contribution in [1.82, 2.24) is 0 Å². The number of rotatable bonds is 9. The maximum Gasteiger partial charge on any atom is 0.333 e. The number of carbonyl (C=O) groups excluding carboxylic acids is 1. The summed E-state index contributed by atoms with van der Waals surface area (Å²) in [4.78, 5) is 12.7. The van der Waals surface area contributed by atoms with E-state index in [0.717, 1.165) is 0 Å². The van der Waals surface area contributed by atoms with Crippen LogP contribution in [-0.4, -0.2) is 36.7 Å². The summed E-state index contributed by atoms with van der Waals surface area (Å²) in [5.74, 6) is -0.183. The van der Waals surface area contributed by atoms with E-state index in [1.165, 1.54) is 0 Å². The van der Waals surface area contributed by atoms with Gasteiger partial charge in [0.2, 0.25) is 0 Å². The molecule has 0 spiro atoms. The normalized spacial score (nSPS) is 11.2. The van der Waals surface area contributed by atoms with Gasteiger partial charge < -0.3 is 25.6 Å². The van der Waals surface area contributed by atoms with E-state index in [2.05, 4.69) is 21.2 Å². The van der Waals surface area contributed by atoms with Crippen LogP contribution < -0.4 is 15.8 Å². The molecule has 5 N–H and O–H groups in total. The standard InChI is InChI=1S/C19H21BrClN3O4.ClH/c1-2-27-19(26)16(24-13-5-3-11(4-6-13)18(22)23)14-9-12(21)10-15(20)17(14)28-8-7-25;/h3-6,9-10,16,24-25H,2,7-8H2,1H3,(H3,22,23);1H. The van der Waals surface area contributed by atoms with Crippen LogP contribution in [-0.2, 0) is 9.53 Å². The van der Waals surface area contributed by atoms with Crippen molar-refractivity contribution in [3.63, 3.8) is 0 Å². The van der Waals surface area contributed by atoms with Crippen LogP contribution in [0.2, 0.25) is 5.02 Å². The number of halogens is 3. The van der Waals surface area contributed by atoms with Crippen LogP contribution in [0.5, 0.6) is 5.75 Å². The van der Waals surface area contributed by atoms with E-state index in [9.17, 15) is 4.79 Å². The molecule has 0 aliphatic heterocycles. The van der Waals surface area contributed by atoms with Crippen LogP contribution in [0, 0.1) is 5.41 Å². The summed E-state index contributed by atoms with van der Waals surface area (Å²) in [6.07, 6.45) is 0. The first-order valence-corrected chi connectivity index (χ1v) is 9.64. The third-order valence-corrected chi connectivity index (χ3v) is 4.52. The zero-order chi connectivity index (χ0) is 20.7. The zero-order valence-electron chi connectivity index (χ0n) is 15.6. The van der Waals surface area contributed by atoms with Crippen molar-refractivity contribution in [3.05, 3.63) is 57.0 Å². The first-order chi connectivity index (χ1) is 13.4. The van der Waals surface area contributed by atoms with Gasteiger partial charge in [0.25, 0.3) is 0 Å². The summed E-state index contributed by atoms with van der Waals surface area (Å²) in [6.45, 7) is 1.79. The Morgan fingerprint density at radius 2 is 2.00 bits per heavy atom. The lowest BCUT2D eigenvalue weighted by molar-refractivity contribution is -0.144. The number of anilines is 1. The van der Waals surface area contributed by atoms with Crippen molar-refractivity contribution < 1.29 is 19.4 Å². The molecule has 0 amide bonds. The fourth-order valence-electron chi connectivity index (χ4n) is 2.50. The van der Waals surface area contributed by atoms with Gasteiger partial charge in [-0.2, -0.15) is 0 Å². The Bertz CT molecular complexity index is 850. The number of aliphatic hydroxyl groups excluding tert-OH is 1. The average molecular weight is 507 g/mol. The predicted molar refractivity (Wildman–Crippen MR) is 119 cm³/mol. The smallest absolute Gasteiger partial charge is 0.333 e. The molecular weight excluding hydrogens is 485 g/mol. The molecule has 2 aromatic rings. The van der Waals surface area contributed by atoms with Crippen LogP contribution in [0.4, 0.5) is 5.69 Å². The average Bonchev–Trinajstić information content (AvgIpc) is 2.65. The quantitative estimate of drug-likeness (QED) is 0.233. The van der Waals surface area contributed by atoms with Crippen molar-refractivity contribution in [2.45, 2.75) is 13.0 Å². The van der Waals surface area contributed by atoms with Crippen LogP contribution in [0.3, 0.4) is 0 Å². The van der Waals surface area contributed by atoms with Crippen molar-refractivity contribution in [2.75, 3.05) is 25.1 Å². The number of ether oxygens (including phenoxy) is 2. The summed E-state index contributed by atoms with van der Waals surface area (Å²) in [7, 11) is 0. The monoisotopic (exact) mass is 505 g/mol. The Balaban J connectivity index is 0.00000420. The van der Waals surface area contributed by atoms with E-state index >= 15 is 0 Å². The van der Waals surface area contributed by atoms with Crippen molar-refractivity contribution in [3.8, 4) is 5.75 Å². The Kier molecular flexibility index (Phi) is 10.2. The van der Waals surface area contributed by atoms with E-state index < -0.39 is 12.0 Å². The van der Waals surface area contributed by atoms with Crippen molar-refractivity contribution >= 4 is 57.4 Å². The maximum absolute atomic E-state index is 12.7. The van der Waals surface area contributed by atoms with Crippen LogP contribution in [0.1, 0.15) is 24.1 Å². The summed E-state index contributed by atoms with van der Waals surface area (Å²) in [5, 5.41) is 20.1. The molecule has 10 heteroatoms. The van der Waals surface area contributed by atoms with Gasteiger partial charge in [-0.05, 0) is 59.3 Å². The molecule has 1 unspecified atom stereocenters. The summed E-state index contributed by atoms with van der Waals surface area (Å²) in [6, 6.07) is 9.09. The molecule has 2 aromatic carbocycles. The van der Waals surface area contributed by atoms with Crippen LogP contribution in [0.15, 0.2) is 40.9 Å². The minimum absolute atomic E-state index is 0. The lowest BCUT2D eigenvalue weighted by atomic mass is 10.0. The lowest BCUT2D eigenvalue weighted by Gasteiger charge is -2.22. The molecule has 0 heterocycles. The lowest BCUT2D eigenvalue weighted by Crippen LogP contribution is -2.24. The largest absolute Gasteiger partial charge is 0.490 e. The fourth-order valence-corrected chi connectivity index (χ4v) is 3.45. The molecular formula is C19H22BrCl2N3O4. The first-order valence-electron chi connectivity index (χ1n) is 8.47. The number of benzene rings is 2. The van der Waals surface area contributed by atoms with Crippen molar-refractivity contribution in [2.24, 2.45) is 5.73 Å². The number of amidine groups is 1. The number of carbonyl (C=O) groups is 1. The summed E-state index contributed by atoms with van der Waals surface area (Å²) >= 11 is 9.58. The van der Waals surface area contributed by atoms with E-state index in [0.29, 0.717) is 32.1 Å². The number of nitrogen functional groups attached to an aromatic ring is 1. The summed E-state index contributed by atoms with van der Waals surface area (Å²) < 4.78 is 11.4. The minimum Gasteiger partial charge on any atom is -0.490 e.